The molecule has 1 aromatic carbocycles. The van der Waals surface area contributed by atoms with Crippen molar-refractivity contribution in [3.05, 3.63) is 29.8 Å². The highest BCUT2D eigenvalue weighted by Gasteiger charge is 2.18. The molecule has 0 heterocycles. The number of ether oxygens (including phenoxy) is 1. The molecule has 4 heteroatoms. The van der Waals surface area contributed by atoms with Gasteiger partial charge in [0.25, 0.3) is 0 Å². The van der Waals surface area contributed by atoms with Crippen LogP contribution in [-0.2, 0) is 4.79 Å². The minimum Gasteiger partial charge on any atom is -0.490 e. The van der Waals surface area contributed by atoms with Gasteiger partial charge in [-0.3, -0.25) is 4.79 Å². The number of carbonyl (C=O) groups is 1. The fourth-order valence-corrected chi connectivity index (χ4v) is 2.20. The first-order valence-electron chi connectivity index (χ1n) is 5.80. The van der Waals surface area contributed by atoms with Gasteiger partial charge in [0.15, 0.2) is 5.38 Å². The van der Waals surface area contributed by atoms with Crippen molar-refractivity contribution in [3.8, 4) is 5.75 Å². The van der Waals surface area contributed by atoms with Gasteiger partial charge in [-0.25, -0.2) is 0 Å². The van der Waals surface area contributed by atoms with Crippen LogP contribution >= 0.6 is 11.6 Å². The Bertz CT molecular complexity index is 382. The predicted octanol–water partition coefficient (Wildman–Crippen LogP) is 3.37. The van der Waals surface area contributed by atoms with Crippen LogP contribution < -0.4 is 4.74 Å². The molecule has 92 valence electrons. The van der Waals surface area contributed by atoms with Crippen molar-refractivity contribution in [2.24, 2.45) is 0 Å². The number of carboxylic acids is 1. The van der Waals surface area contributed by atoms with Crippen molar-refractivity contribution in [1.82, 2.24) is 0 Å². The van der Waals surface area contributed by atoms with Crippen LogP contribution in [0.15, 0.2) is 24.3 Å². The van der Waals surface area contributed by atoms with Crippen LogP contribution in [0.3, 0.4) is 0 Å². The maximum Gasteiger partial charge on any atom is 0.326 e. The molecule has 1 unspecified atom stereocenters. The van der Waals surface area contributed by atoms with E-state index in [2.05, 4.69) is 0 Å². The summed E-state index contributed by atoms with van der Waals surface area (Å²) in [5.74, 6) is -0.244. The van der Waals surface area contributed by atoms with Gasteiger partial charge in [-0.05, 0) is 43.4 Å². The number of rotatable bonds is 4. The second kappa shape index (κ2) is 5.41. The highest BCUT2D eigenvalue weighted by Crippen LogP contribution is 2.26. The molecule has 0 spiro atoms. The van der Waals surface area contributed by atoms with Gasteiger partial charge < -0.3 is 9.84 Å². The van der Waals surface area contributed by atoms with E-state index in [-0.39, 0.29) is 0 Å². The van der Waals surface area contributed by atoms with Gasteiger partial charge in [-0.15, -0.1) is 11.6 Å². The maximum atomic E-state index is 10.7. The average Bonchev–Trinajstić information content (AvgIpc) is 2.82. The monoisotopic (exact) mass is 254 g/mol. The average molecular weight is 255 g/mol. The molecule has 3 nitrogen and oxygen atoms in total. The Hall–Kier alpha value is -1.22. The summed E-state index contributed by atoms with van der Waals surface area (Å²) in [5.41, 5.74) is 0.581. The third kappa shape index (κ3) is 3.13. The van der Waals surface area contributed by atoms with E-state index in [9.17, 15) is 4.79 Å². The van der Waals surface area contributed by atoms with E-state index in [4.69, 9.17) is 21.4 Å². The second-order valence-electron chi connectivity index (χ2n) is 4.29. The Labute approximate surface area is 105 Å². The Balaban J connectivity index is 1.99. The first-order valence-corrected chi connectivity index (χ1v) is 6.24. The van der Waals surface area contributed by atoms with Crippen LogP contribution in [0.5, 0.6) is 5.75 Å². The summed E-state index contributed by atoms with van der Waals surface area (Å²) in [6, 6.07) is 6.98. The van der Waals surface area contributed by atoms with Gasteiger partial charge >= 0.3 is 5.97 Å². The molecule has 0 aromatic heterocycles. The number of halogens is 1. The molecular weight excluding hydrogens is 240 g/mol. The lowest BCUT2D eigenvalue weighted by Crippen LogP contribution is -2.11. The quantitative estimate of drug-likeness (QED) is 0.838. The van der Waals surface area contributed by atoms with Gasteiger partial charge in [0.1, 0.15) is 5.75 Å². The van der Waals surface area contributed by atoms with Gasteiger partial charge in [0.05, 0.1) is 6.10 Å². The van der Waals surface area contributed by atoms with E-state index in [1.165, 1.54) is 12.8 Å². The SMILES string of the molecule is O=C(O)C(Cl)c1ccc(OC2CCCC2)cc1. The van der Waals surface area contributed by atoms with Gasteiger partial charge in [0, 0.05) is 0 Å². The van der Waals surface area contributed by atoms with Gasteiger partial charge in [-0.1, -0.05) is 12.1 Å². The number of hydrogen-bond donors (Lipinski definition) is 1. The highest BCUT2D eigenvalue weighted by atomic mass is 35.5. The third-order valence-electron chi connectivity index (χ3n) is 2.99. The topological polar surface area (TPSA) is 46.5 Å². The van der Waals surface area contributed by atoms with Gasteiger partial charge in [-0.2, -0.15) is 0 Å². The lowest BCUT2D eigenvalue weighted by Gasteiger charge is -2.13. The zero-order valence-corrected chi connectivity index (χ0v) is 10.2. The van der Waals surface area contributed by atoms with E-state index in [1.54, 1.807) is 24.3 Å². The van der Waals surface area contributed by atoms with E-state index < -0.39 is 11.3 Å². The Kier molecular flexibility index (Phi) is 3.89. The molecule has 1 aliphatic rings. The molecule has 1 atom stereocenters. The van der Waals surface area contributed by atoms with Crippen LogP contribution in [-0.4, -0.2) is 17.2 Å². The minimum absolute atomic E-state index is 0.312. The number of alkyl halides is 1. The lowest BCUT2D eigenvalue weighted by atomic mass is 10.1. The molecule has 1 fully saturated rings. The van der Waals surface area contributed by atoms with Crippen LogP contribution in [0, 0.1) is 0 Å². The number of benzene rings is 1. The van der Waals surface area contributed by atoms with Crippen molar-refractivity contribution >= 4 is 17.6 Å². The van der Waals surface area contributed by atoms with E-state index in [1.807, 2.05) is 0 Å². The van der Waals surface area contributed by atoms with Crippen molar-refractivity contribution in [2.45, 2.75) is 37.2 Å². The molecule has 0 radical (unpaired) electrons. The van der Waals surface area contributed by atoms with E-state index in [0.717, 1.165) is 18.6 Å². The fourth-order valence-electron chi connectivity index (χ4n) is 2.06. The molecule has 0 bridgehead atoms. The van der Waals surface area contributed by atoms with Gasteiger partial charge in [0.2, 0.25) is 0 Å². The molecular formula is C13H15ClO3. The Morgan fingerprint density at radius 2 is 1.88 bits per heavy atom. The van der Waals surface area contributed by atoms with Crippen LogP contribution in [0.1, 0.15) is 36.6 Å². The molecule has 1 saturated carbocycles. The Morgan fingerprint density at radius 3 is 2.41 bits per heavy atom. The van der Waals surface area contributed by atoms with Crippen LogP contribution in [0.2, 0.25) is 0 Å². The van der Waals surface area contributed by atoms with Crippen LogP contribution in [0.4, 0.5) is 0 Å². The molecule has 1 aliphatic carbocycles. The van der Waals surface area contributed by atoms with E-state index in [0.29, 0.717) is 11.7 Å². The normalized spacial score (nSPS) is 17.9. The van der Waals surface area contributed by atoms with E-state index >= 15 is 0 Å². The molecule has 0 aliphatic heterocycles. The summed E-state index contributed by atoms with van der Waals surface area (Å²) >= 11 is 5.72. The molecule has 1 N–H and O–H groups in total. The third-order valence-corrected chi connectivity index (χ3v) is 3.43. The first-order chi connectivity index (χ1) is 8.16. The number of aliphatic carboxylic acids is 1. The minimum atomic E-state index is -1.03. The molecule has 1 aromatic rings. The second-order valence-corrected chi connectivity index (χ2v) is 4.73. The standard InChI is InChI=1S/C13H15ClO3/c14-12(13(15)16)9-5-7-11(8-6-9)17-10-3-1-2-4-10/h5-8,10,12H,1-4H2,(H,15,16). The maximum absolute atomic E-state index is 10.7. The number of carboxylic acid groups (broad SMARTS) is 1. The molecule has 0 saturated heterocycles. The Morgan fingerprint density at radius 1 is 1.29 bits per heavy atom. The summed E-state index contributed by atoms with van der Waals surface area (Å²) in [5, 5.41) is 7.78. The summed E-state index contributed by atoms with van der Waals surface area (Å²) < 4.78 is 5.78. The predicted molar refractivity (Wildman–Crippen MR) is 65.6 cm³/mol. The first kappa shape index (κ1) is 12.2. The molecule has 2 rings (SSSR count). The zero-order chi connectivity index (χ0) is 12.3. The summed E-state index contributed by atoms with van der Waals surface area (Å²) in [6.45, 7) is 0. The fraction of sp³-hybridized carbons (Fsp3) is 0.462. The van der Waals surface area contributed by atoms with Crippen molar-refractivity contribution in [3.63, 3.8) is 0 Å². The smallest absolute Gasteiger partial charge is 0.326 e. The summed E-state index contributed by atoms with van der Waals surface area (Å²) in [7, 11) is 0. The van der Waals surface area contributed by atoms with Crippen molar-refractivity contribution in [1.29, 1.82) is 0 Å². The molecule has 17 heavy (non-hydrogen) atoms. The zero-order valence-electron chi connectivity index (χ0n) is 9.43. The molecule has 0 amide bonds. The van der Waals surface area contributed by atoms with Crippen molar-refractivity contribution in [2.75, 3.05) is 0 Å². The summed E-state index contributed by atoms with van der Waals surface area (Å²) in [6.07, 6.45) is 4.98. The van der Waals surface area contributed by atoms with Crippen LogP contribution in [0.25, 0.3) is 0 Å². The van der Waals surface area contributed by atoms with Crippen molar-refractivity contribution < 1.29 is 14.6 Å². The summed E-state index contributed by atoms with van der Waals surface area (Å²) in [4.78, 5) is 10.7. The largest absolute Gasteiger partial charge is 0.490 e. The number of hydrogen-bond acceptors (Lipinski definition) is 2. The lowest BCUT2D eigenvalue weighted by molar-refractivity contribution is -0.136. The highest BCUT2D eigenvalue weighted by molar-refractivity contribution is 6.29.